The minimum Gasteiger partial charge on any atom is -0.507 e. The molecule has 0 bridgehead atoms. The number of rotatable bonds is 23. The Bertz CT molecular complexity index is 2520. The van der Waals surface area contributed by atoms with Gasteiger partial charge in [-0.05, 0) is 51.5 Å². The number of aliphatic carboxylic acids is 1. The number of phenolic OH excluding ortho intramolecular Hbond substituents is 2. The first-order valence-corrected chi connectivity index (χ1v) is 24.5. The van der Waals surface area contributed by atoms with Crippen LogP contribution in [0.15, 0.2) is 18.2 Å². The fourth-order valence-corrected chi connectivity index (χ4v) is 9.12. The zero-order valence-corrected chi connectivity index (χ0v) is 42.8. The molecule has 24 nitrogen and oxygen atoms in total. The van der Waals surface area contributed by atoms with E-state index in [-0.39, 0.29) is 71.9 Å². The summed E-state index contributed by atoms with van der Waals surface area (Å²) in [6.45, 7) is 12.9. The summed E-state index contributed by atoms with van der Waals surface area (Å²) in [5.41, 5.74) is 3.35. The molecule has 4 amide bonds. The van der Waals surface area contributed by atoms with Crippen molar-refractivity contribution in [2.75, 3.05) is 7.11 Å². The molecule has 3 aliphatic rings. The molecule has 2 aliphatic carbocycles. The summed E-state index contributed by atoms with van der Waals surface area (Å²) >= 11 is 0. The van der Waals surface area contributed by atoms with Gasteiger partial charge in [0.05, 0.1) is 54.6 Å². The lowest BCUT2D eigenvalue weighted by Crippen LogP contribution is -2.58. The monoisotopic (exact) mass is 1040 g/mol. The average molecular weight is 1040 g/mol. The number of hydrogen-bond acceptors (Lipinski definition) is 19. The van der Waals surface area contributed by atoms with Crippen LogP contribution in [0.1, 0.15) is 149 Å². The summed E-state index contributed by atoms with van der Waals surface area (Å²) < 4.78 is 17.7. The van der Waals surface area contributed by atoms with Crippen molar-refractivity contribution in [2.45, 2.75) is 167 Å². The number of carboxylic acids is 1. The number of carbonyl (C=O) groups is 9. The zero-order valence-electron chi connectivity index (χ0n) is 42.8. The summed E-state index contributed by atoms with van der Waals surface area (Å²) in [5.74, 6) is -9.06. The molecule has 11 N–H and O–H groups in total. The second-order valence-electron chi connectivity index (χ2n) is 19.8. The van der Waals surface area contributed by atoms with Crippen molar-refractivity contribution >= 4 is 52.9 Å². The SMILES string of the molecule is CCC(=O)[C@]1(O)Cc2c(O)c3c(c(O)c2[C@@H](OC2CC(NOC(=O)[C@H](CC(C)C)NC(=O)[C@H](C)NC(=O)[C@H](CC(C)C)NC(=O)[C@H](C)NNC(=O)CCC(=O)O)C(O)C(C)O2)C1)C(=O)c1c(OC)cccc1C3=O. The van der Waals surface area contributed by atoms with Gasteiger partial charge < -0.3 is 60.5 Å². The van der Waals surface area contributed by atoms with Crippen LogP contribution in [0, 0.1) is 11.8 Å². The van der Waals surface area contributed by atoms with Crippen LogP contribution < -0.4 is 37.0 Å². The van der Waals surface area contributed by atoms with E-state index in [1.807, 2.05) is 0 Å². The highest BCUT2D eigenvalue weighted by molar-refractivity contribution is 6.31. The summed E-state index contributed by atoms with van der Waals surface area (Å²) in [6.07, 6.45) is -7.21. The third-order valence-corrected chi connectivity index (χ3v) is 13.0. The summed E-state index contributed by atoms with van der Waals surface area (Å²) in [6, 6.07) is -1.56. The minimum atomic E-state index is -2.19. The van der Waals surface area contributed by atoms with Crippen LogP contribution >= 0.6 is 0 Å². The number of carbonyl (C=O) groups excluding carboxylic acids is 8. The maximum atomic E-state index is 14.1. The highest BCUT2D eigenvalue weighted by atomic mass is 16.7. The Kier molecular flexibility index (Phi) is 19.4. The number of ether oxygens (including phenoxy) is 3. The highest BCUT2D eigenvalue weighted by Crippen LogP contribution is 2.52. The number of methoxy groups -OCH3 is 1. The van der Waals surface area contributed by atoms with Gasteiger partial charge in [0.15, 0.2) is 17.9 Å². The van der Waals surface area contributed by atoms with E-state index in [0.717, 1.165) is 0 Å². The number of hydroxylamine groups is 1. The number of hydrogen-bond donors (Lipinski definition) is 11. The van der Waals surface area contributed by atoms with Gasteiger partial charge in [0.2, 0.25) is 29.4 Å². The largest absolute Gasteiger partial charge is 0.507 e. The molecule has 1 fully saturated rings. The van der Waals surface area contributed by atoms with Crippen LogP contribution in [0.3, 0.4) is 0 Å². The van der Waals surface area contributed by atoms with Gasteiger partial charge in [-0.1, -0.05) is 46.8 Å². The van der Waals surface area contributed by atoms with Crippen LogP contribution in [-0.4, -0.2) is 140 Å². The predicted molar refractivity (Wildman–Crippen MR) is 258 cm³/mol. The normalized spacial score (nSPS) is 22.7. The van der Waals surface area contributed by atoms with Gasteiger partial charge in [0, 0.05) is 48.8 Å². The first kappa shape index (κ1) is 58.3. The first-order chi connectivity index (χ1) is 34.7. The molecule has 4 unspecified atom stereocenters. The Balaban J connectivity index is 1.29. The molecule has 2 aromatic carbocycles. The third kappa shape index (κ3) is 13.4. The number of ketones is 3. The molecule has 1 saturated heterocycles. The van der Waals surface area contributed by atoms with Crippen molar-refractivity contribution in [2.24, 2.45) is 11.8 Å². The molecule has 0 spiro atoms. The van der Waals surface area contributed by atoms with Crippen molar-refractivity contribution in [3.63, 3.8) is 0 Å². The molecular weight excluding hydrogens is 973 g/mol. The lowest BCUT2D eigenvalue weighted by molar-refractivity contribution is -0.256. The molecule has 74 heavy (non-hydrogen) atoms. The number of amides is 4. The third-order valence-electron chi connectivity index (χ3n) is 13.0. The van der Waals surface area contributed by atoms with Crippen molar-refractivity contribution in [3.05, 3.63) is 51.6 Å². The molecule has 0 radical (unpaired) electrons. The second kappa shape index (κ2) is 24.6. The molecule has 1 aliphatic heterocycles. The van der Waals surface area contributed by atoms with Crippen LogP contribution in [0.5, 0.6) is 17.2 Å². The molecule has 10 atom stereocenters. The molecule has 406 valence electrons. The van der Waals surface area contributed by atoms with E-state index in [0.29, 0.717) is 0 Å². The van der Waals surface area contributed by atoms with Gasteiger partial charge >= 0.3 is 11.9 Å². The quantitative estimate of drug-likeness (QED) is 0.0465. The van der Waals surface area contributed by atoms with Gasteiger partial charge in [-0.15, -0.1) is 5.48 Å². The van der Waals surface area contributed by atoms with E-state index in [9.17, 15) is 63.6 Å². The Labute approximate surface area is 426 Å². The Morgan fingerprint density at radius 3 is 2.07 bits per heavy atom. The number of nitrogens with one attached hydrogen (secondary N) is 6. The maximum Gasteiger partial charge on any atom is 0.347 e. The van der Waals surface area contributed by atoms with Crippen molar-refractivity contribution in [1.29, 1.82) is 0 Å². The fourth-order valence-electron chi connectivity index (χ4n) is 9.12. The second-order valence-corrected chi connectivity index (χ2v) is 19.8. The predicted octanol–water partition coefficient (Wildman–Crippen LogP) is 0.949. The maximum absolute atomic E-state index is 14.1. The Morgan fingerprint density at radius 1 is 0.824 bits per heavy atom. The number of Topliss-reactive ketones (excluding diaryl/α,β-unsaturated/α-hetero) is 1. The van der Waals surface area contributed by atoms with E-state index in [2.05, 4.69) is 32.3 Å². The molecular formula is C50H68N6O18. The van der Waals surface area contributed by atoms with Gasteiger partial charge in [0.25, 0.3) is 0 Å². The summed E-state index contributed by atoms with van der Waals surface area (Å²) in [7, 11) is 1.30. The lowest BCUT2D eigenvalue weighted by Gasteiger charge is -2.42. The number of benzene rings is 2. The Morgan fingerprint density at radius 2 is 1.45 bits per heavy atom. The molecule has 2 aromatic rings. The number of phenols is 2. The number of aromatic hydroxyl groups is 2. The molecule has 5 rings (SSSR count). The zero-order chi connectivity index (χ0) is 55.1. The smallest absolute Gasteiger partial charge is 0.347 e. The number of carboxylic acid groups (broad SMARTS) is 1. The molecule has 0 aromatic heterocycles. The van der Waals surface area contributed by atoms with E-state index >= 15 is 0 Å². The number of aliphatic hydroxyl groups is 2. The van der Waals surface area contributed by atoms with Crippen molar-refractivity contribution in [3.8, 4) is 17.2 Å². The molecule has 24 heteroatoms. The Hall–Kier alpha value is -6.57. The van der Waals surface area contributed by atoms with Gasteiger partial charge in [0.1, 0.15) is 47.0 Å². The van der Waals surface area contributed by atoms with Crippen molar-refractivity contribution < 1.29 is 87.7 Å². The molecule has 1 heterocycles. The standard InChI is InChI=1S/C50H68N6O18/c1-10-33(57)50(70)19-27-38(45(65)40-39(43(27)63)42(62)26-12-11-13-31(71-9)37(26)44(40)64)32(20-50)73-36-18-28(41(61)25(8)72-36)56-74-49(69)30(17-22(4)5)53-46(66)23(6)51-48(68)29(16-21(2)3)52-47(67)24(7)54-55-34(58)14-15-35(59)60/h11-13,21-25,28-30,32,36,41,54,56,61,63,65,70H,10,14-20H2,1-9H3,(H,51,68)(H,52,67)(H,53,66)(H,55,58)(H,59,60)/t23-,24-,25?,28?,29-,30-,32-,36?,41?,50-/m0/s1. The molecule has 0 saturated carbocycles. The first-order valence-electron chi connectivity index (χ1n) is 24.5. The average Bonchev–Trinajstić information content (AvgIpc) is 3.34. The van der Waals surface area contributed by atoms with E-state index < -0.39 is 155 Å². The van der Waals surface area contributed by atoms with E-state index in [4.69, 9.17) is 24.2 Å². The van der Waals surface area contributed by atoms with Crippen molar-refractivity contribution in [1.82, 2.24) is 32.3 Å². The van der Waals surface area contributed by atoms with E-state index in [1.54, 1.807) is 27.7 Å². The minimum absolute atomic E-state index is 0.0396. The number of hydrazine groups is 1. The van der Waals surface area contributed by atoms with E-state index in [1.165, 1.54) is 53.0 Å². The van der Waals surface area contributed by atoms with Gasteiger partial charge in [-0.3, -0.25) is 43.8 Å². The topological polar surface area (TPSA) is 364 Å². The van der Waals surface area contributed by atoms with Crippen LogP contribution in [0.25, 0.3) is 0 Å². The van der Waals surface area contributed by atoms with Crippen LogP contribution in [0.2, 0.25) is 0 Å². The fraction of sp³-hybridized carbons (Fsp3) is 0.580. The summed E-state index contributed by atoms with van der Waals surface area (Å²) in [4.78, 5) is 123. The number of fused-ring (bicyclic) bond motifs is 3. The highest BCUT2D eigenvalue weighted by Gasteiger charge is 2.50. The van der Waals surface area contributed by atoms with Crippen LogP contribution in [-0.2, 0) is 54.3 Å². The van der Waals surface area contributed by atoms with Gasteiger partial charge in [-0.25, -0.2) is 10.2 Å². The number of aliphatic hydroxyl groups excluding tert-OH is 1. The van der Waals surface area contributed by atoms with Gasteiger partial charge in [-0.2, -0.15) is 0 Å². The van der Waals surface area contributed by atoms with Crippen LogP contribution in [0.4, 0.5) is 0 Å². The summed E-state index contributed by atoms with van der Waals surface area (Å²) in [5, 5.41) is 63.3. The lowest BCUT2D eigenvalue weighted by atomic mass is 9.71.